The Labute approximate surface area is 250 Å². The number of allylic oxidation sites excluding steroid dienone is 2. The number of oxime groups is 1. The lowest BCUT2D eigenvalue weighted by atomic mass is 9.33. The molecule has 4 saturated carbocycles. The van der Waals surface area contributed by atoms with E-state index in [0.717, 1.165) is 38.5 Å². The van der Waals surface area contributed by atoms with E-state index in [4.69, 9.17) is 9.57 Å². The third-order valence-electron chi connectivity index (χ3n) is 13.5. The van der Waals surface area contributed by atoms with Crippen molar-refractivity contribution in [3.8, 4) is 0 Å². The minimum Gasteiger partial charge on any atom is -0.481 e. The number of carboxylic acids is 1. The molecule has 9 atom stereocenters. The minimum atomic E-state index is -0.784. The Balaban J connectivity index is 1.59. The third kappa shape index (κ3) is 4.24. The van der Waals surface area contributed by atoms with E-state index in [0.29, 0.717) is 25.0 Å². The summed E-state index contributed by atoms with van der Waals surface area (Å²) < 4.78 is 5.61. The fraction of sp³-hybridized carbons (Fsp3) is 0.794. The number of aliphatic carboxylic acids is 1. The van der Waals surface area contributed by atoms with E-state index in [2.05, 4.69) is 32.9 Å². The molecule has 0 aromatic carbocycles. The second-order valence-electron chi connectivity index (χ2n) is 15.9. The van der Waals surface area contributed by atoms with Gasteiger partial charge in [0.05, 0.1) is 11.1 Å². The average Bonchev–Trinajstić information content (AvgIpc) is 2.89. The van der Waals surface area contributed by atoms with Gasteiger partial charge in [-0.05, 0) is 104 Å². The Bertz CT molecular complexity index is 1290. The Morgan fingerprint density at radius 3 is 2.24 bits per heavy atom. The maximum atomic E-state index is 14.6. The number of rotatable bonds is 4. The molecule has 0 aromatic heterocycles. The number of hydrogen-bond acceptors (Lipinski definition) is 7. The molecule has 0 saturated heterocycles. The SMILES string of the molecule is CC(=O)OC[C@]1(C)/C(=N/OC(C)=O)CC[C@@]2(C)[C@H]1CC[C@]1(C)[C@@H]2C(=O)C=C2[C@@H]3C[C@@](C)(C(=O)O)CC[C@]3(C)CC[C@]21C. The zero-order valence-corrected chi connectivity index (χ0v) is 26.7. The number of ether oxygens (including phenoxy) is 1. The third-order valence-corrected chi connectivity index (χ3v) is 13.5. The Hall–Kier alpha value is -2.51. The fourth-order valence-electron chi connectivity index (χ4n) is 10.7. The predicted octanol–water partition coefficient (Wildman–Crippen LogP) is 6.51. The summed E-state index contributed by atoms with van der Waals surface area (Å²) in [5.74, 6) is -1.63. The second kappa shape index (κ2) is 9.75. The van der Waals surface area contributed by atoms with Crippen LogP contribution in [0.1, 0.15) is 113 Å². The van der Waals surface area contributed by atoms with E-state index in [9.17, 15) is 24.3 Å². The minimum absolute atomic E-state index is 0.000398. The standard InChI is InChI=1S/C34H49NO7/c1-20(36)41-19-32(6)25-9-12-34(8)27(31(25,5)11-10-26(32)35-42-21(2)37)24(38)17-22-23-18-30(4,28(39)40)14-13-29(23,3)15-16-33(22,34)7/h17,23,25,27H,9-16,18-19H2,1-8H3,(H,39,40)/b35-26+/t23-,25+,27+,29+,30-,31-,32-,33+,34+/m0/s1. The van der Waals surface area contributed by atoms with Crippen molar-refractivity contribution in [1.29, 1.82) is 0 Å². The van der Waals surface area contributed by atoms with Crippen LogP contribution >= 0.6 is 0 Å². The molecule has 4 fully saturated rings. The molecule has 0 aliphatic heterocycles. The molecule has 5 aliphatic rings. The van der Waals surface area contributed by atoms with Gasteiger partial charge >= 0.3 is 17.9 Å². The highest BCUT2D eigenvalue weighted by molar-refractivity contribution is 5.97. The Morgan fingerprint density at radius 2 is 1.62 bits per heavy atom. The summed E-state index contributed by atoms with van der Waals surface area (Å²) in [6.45, 7) is 16.0. The highest BCUT2D eigenvalue weighted by atomic mass is 16.7. The summed E-state index contributed by atoms with van der Waals surface area (Å²) in [5, 5.41) is 14.4. The van der Waals surface area contributed by atoms with E-state index < -0.39 is 22.8 Å². The number of hydrogen-bond donors (Lipinski definition) is 1. The highest BCUT2D eigenvalue weighted by Crippen LogP contribution is 2.75. The van der Waals surface area contributed by atoms with Gasteiger partial charge in [-0.25, -0.2) is 4.79 Å². The molecular formula is C34H49NO7. The number of carbonyl (C=O) groups is 4. The quantitative estimate of drug-likeness (QED) is 0.227. The van der Waals surface area contributed by atoms with E-state index in [1.807, 2.05) is 19.9 Å². The number of carboxylic acid groups (broad SMARTS) is 1. The first kappa shape index (κ1) is 30.9. The highest BCUT2D eigenvalue weighted by Gasteiger charge is 2.70. The van der Waals surface area contributed by atoms with Gasteiger partial charge in [0.25, 0.3) is 0 Å². The molecule has 5 rings (SSSR count). The van der Waals surface area contributed by atoms with Crippen LogP contribution in [-0.2, 0) is 28.8 Å². The predicted molar refractivity (Wildman–Crippen MR) is 157 cm³/mol. The Kier molecular flexibility index (Phi) is 7.18. The van der Waals surface area contributed by atoms with Gasteiger partial charge in [0.1, 0.15) is 6.61 Å². The van der Waals surface area contributed by atoms with Crippen molar-refractivity contribution in [2.75, 3.05) is 6.61 Å². The topological polar surface area (TPSA) is 119 Å². The zero-order valence-electron chi connectivity index (χ0n) is 26.7. The van der Waals surface area contributed by atoms with Crippen molar-refractivity contribution in [3.05, 3.63) is 11.6 Å². The summed E-state index contributed by atoms with van der Waals surface area (Å²) in [5.41, 5.74) is -0.484. The molecule has 0 aromatic rings. The molecule has 0 heterocycles. The molecule has 232 valence electrons. The second-order valence-corrected chi connectivity index (χ2v) is 15.9. The van der Waals surface area contributed by atoms with Crippen LogP contribution in [0.5, 0.6) is 0 Å². The van der Waals surface area contributed by atoms with Crippen LogP contribution in [0.4, 0.5) is 0 Å². The van der Waals surface area contributed by atoms with Gasteiger partial charge in [-0.1, -0.05) is 45.3 Å². The molecule has 8 nitrogen and oxygen atoms in total. The van der Waals surface area contributed by atoms with Gasteiger partial charge in [0.2, 0.25) is 0 Å². The van der Waals surface area contributed by atoms with Gasteiger partial charge in [-0.15, -0.1) is 0 Å². The van der Waals surface area contributed by atoms with Crippen LogP contribution in [0, 0.1) is 50.2 Å². The van der Waals surface area contributed by atoms with E-state index in [1.54, 1.807) is 0 Å². The summed E-state index contributed by atoms with van der Waals surface area (Å²) in [6, 6.07) is 0. The monoisotopic (exact) mass is 583 g/mol. The lowest BCUT2D eigenvalue weighted by molar-refractivity contribution is -0.182. The van der Waals surface area contributed by atoms with E-state index in [-0.39, 0.29) is 57.8 Å². The number of ketones is 1. The summed E-state index contributed by atoms with van der Waals surface area (Å²) >= 11 is 0. The lowest BCUT2D eigenvalue weighted by Gasteiger charge is -2.70. The summed E-state index contributed by atoms with van der Waals surface area (Å²) in [7, 11) is 0. The van der Waals surface area contributed by atoms with Gasteiger partial charge in [0, 0.05) is 25.2 Å². The van der Waals surface area contributed by atoms with Crippen LogP contribution in [0.25, 0.3) is 0 Å². The normalized spacial score (nSPS) is 47.2. The van der Waals surface area contributed by atoms with Crippen LogP contribution in [-0.4, -0.2) is 41.1 Å². The number of esters is 1. The molecule has 0 spiro atoms. The number of fused-ring (bicyclic) bond motifs is 7. The molecule has 5 aliphatic carbocycles. The van der Waals surface area contributed by atoms with Gasteiger partial charge in [0.15, 0.2) is 5.78 Å². The van der Waals surface area contributed by atoms with Crippen LogP contribution in [0.2, 0.25) is 0 Å². The van der Waals surface area contributed by atoms with Crippen molar-refractivity contribution in [3.63, 3.8) is 0 Å². The molecule has 0 bridgehead atoms. The first-order chi connectivity index (χ1) is 19.4. The zero-order chi connectivity index (χ0) is 31.1. The average molecular weight is 584 g/mol. The van der Waals surface area contributed by atoms with Crippen LogP contribution in [0.15, 0.2) is 16.8 Å². The first-order valence-electron chi connectivity index (χ1n) is 15.7. The van der Waals surface area contributed by atoms with Crippen LogP contribution < -0.4 is 0 Å². The van der Waals surface area contributed by atoms with E-state index >= 15 is 0 Å². The fourth-order valence-corrected chi connectivity index (χ4v) is 10.7. The molecule has 42 heavy (non-hydrogen) atoms. The first-order valence-corrected chi connectivity index (χ1v) is 15.7. The Morgan fingerprint density at radius 1 is 0.952 bits per heavy atom. The molecule has 0 radical (unpaired) electrons. The van der Waals surface area contributed by atoms with Gasteiger partial charge < -0.3 is 14.7 Å². The maximum Gasteiger partial charge on any atom is 0.331 e. The smallest absolute Gasteiger partial charge is 0.331 e. The van der Waals surface area contributed by atoms with Crippen molar-refractivity contribution < 1.29 is 33.9 Å². The molecule has 0 amide bonds. The number of nitrogens with zero attached hydrogens (tertiary/aromatic N) is 1. The number of carbonyl (C=O) groups excluding carboxylic acids is 3. The molecule has 1 N–H and O–H groups in total. The van der Waals surface area contributed by atoms with Gasteiger partial charge in [-0.3, -0.25) is 14.4 Å². The molecular weight excluding hydrogens is 534 g/mol. The lowest BCUT2D eigenvalue weighted by Crippen LogP contribution is -2.67. The van der Waals surface area contributed by atoms with Crippen molar-refractivity contribution in [2.24, 2.45) is 55.4 Å². The van der Waals surface area contributed by atoms with Gasteiger partial charge in [-0.2, -0.15) is 0 Å². The maximum absolute atomic E-state index is 14.6. The molecule has 8 heteroatoms. The summed E-state index contributed by atoms with van der Waals surface area (Å²) in [4.78, 5) is 55.6. The van der Waals surface area contributed by atoms with Crippen molar-refractivity contribution in [1.82, 2.24) is 0 Å². The van der Waals surface area contributed by atoms with Crippen molar-refractivity contribution in [2.45, 2.75) is 113 Å². The van der Waals surface area contributed by atoms with Crippen LogP contribution in [0.3, 0.4) is 0 Å². The largest absolute Gasteiger partial charge is 0.481 e. The molecule has 0 unspecified atom stereocenters. The van der Waals surface area contributed by atoms with Crippen molar-refractivity contribution >= 4 is 29.4 Å². The van der Waals surface area contributed by atoms with E-state index in [1.165, 1.54) is 19.4 Å². The summed E-state index contributed by atoms with van der Waals surface area (Å²) in [6.07, 6.45) is 8.98.